The molecule has 1 saturated heterocycles. The number of aromatic nitrogens is 1. The van der Waals surface area contributed by atoms with Crippen LogP contribution in [-0.2, 0) is 4.74 Å². The summed E-state index contributed by atoms with van der Waals surface area (Å²) in [4.78, 5) is 17.5. The van der Waals surface area contributed by atoms with Crippen molar-refractivity contribution in [3.05, 3.63) is 11.1 Å². The van der Waals surface area contributed by atoms with Crippen LogP contribution in [0.5, 0.6) is 0 Å². The molecule has 0 aromatic carbocycles. The Morgan fingerprint density at radius 2 is 2.29 bits per heavy atom. The molecule has 0 radical (unpaired) electrons. The number of morpholine rings is 1. The van der Waals surface area contributed by atoms with E-state index >= 15 is 0 Å². The maximum atomic E-state index is 11.0. The van der Waals surface area contributed by atoms with Gasteiger partial charge >= 0.3 is 0 Å². The quantitative estimate of drug-likeness (QED) is 0.690. The summed E-state index contributed by atoms with van der Waals surface area (Å²) in [5, 5.41) is 2.74. The molecule has 1 aromatic heterocycles. The third-order valence-corrected chi connectivity index (χ3v) is 3.04. The van der Waals surface area contributed by atoms with Crippen molar-refractivity contribution < 1.29 is 9.53 Å². The van der Waals surface area contributed by atoms with Gasteiger partial charge in [-0.25, -0.2) is 4.98 Å². The molecule has 1 aliphatic heterocycles. The van der Waals surface area contributed by atoms with Gasteiger partial charge in [0.05, 0.1) is 13.2 Å². The summed E-state index contributed by atoms with van der Waals surface area (Å²) in [6.07, 6.45) is 0. The molecule has 0 atom stereocenters. The molecule has 0 N–H and O–H groups in total. The maximum absolute atomic E-state index is 11.0. The summed E-state index contributed by atoms with van der Waals surface area (Å²) in [7, 11) is 0. The molecule has 0 unspecified atom stereocenters. The van der Waals surface area contributed by atoms with Gasteiger partial charge in [-0.2, -0.15) is 0 Å². The molecule has 0 spiro atoms. The highest BCUT2D eigenvalue weighted by molar-refractivity contribution is 7.13. The third-order valence-electron chi connectivity index (χ3n) is 2.13. The van der Waals surface area contributed by atoms with E-state index in [2.05, 4.69) is 9.88 Å². The highest BCUT2D eigenvalue weighted by Gasteiger charge is 2.15. The van der Waals surface area contributed by atoms with Crippen LogP contribution < -0.4 is 4.90 Å². The highest BCUT2D eigenvalue weighted by Crippen LogP contribution is 2.21. The van der Waals surface area contributed by atoms with Gasteiger partial charge in [-0.15, -0.1) is 11.3 Å². The highest BCUT2D eigenvalue weighted by atomic mass is 32.1. The number of rotatable bonds is 2. The fraction of sp³-hybridized carbons (Fsp3) is 0.556. The molecule has 14 heavy (non-hydrogen) atoms. The number of hydrogen-bond acceptors (Lipinski definition) is 5. The van der Waals surface area contributed by atoms with Gasteiger partial charge < -0.3 is 9.64 Å². The summed E-state index contributed by atoms with van der Waals surface area (Å²) in [5.41, 5.74) is 0.566. The van der Waals surface area contributed by atoms with Crippen LogP contribution in [0.1, 0.15) is 17.4 Å². The van der Waals surface area contributed by atoms with Gasteiger partial charge in [0.2, 0.25) is 0 Å². The second-order valence-electron chi connectivity index (χ2n) is 3.17. The lowest BCUT2D eigenvalue weighted by molar-refractivity contribution is 0.101. The van der Waals surface area contributed by atoms with Crippen molar-refractivity contribution >= 4 is 22.3 Å². The summed E-state index contributed by atoms with van der Waals surface area (Å²) in [6.45, 7) is 4.76. The largest absolute Gasteiger partial charge is 0.378 e. The molecule has 0 aliphatic carbocycles. The molecule has 0 amide bonds. The van der Waals surface area contributed by atoms with Crippen LogP contribution in [0.15, 0.2) is 5.38 Å². The van der Waals surface area contributed by atoms with Crippen molar-refractivity contribution in [3.63, 3.8) is 0 Å². The molecule has 1 aromatic rings. The second kappa shape index (κ2) is 4.06. The number of carbonyl (C=O) groups excluding carboxylic acids is 1. The second-order valence-corrected chi connectivity index (χ2v) is 4.01. The van der Waals surface area contributed by atoms with Gasteiger partial charge in [0, 0.05) is 25.4 Å². The maximum Gasteiger partial charge on any atom is 0.186 e. The Bertz CT molecular complexity index is 331. The molecule has 76 valence electrons. The van der Waals surface area contributed by atoms with Gasteiger partial charge in [0.15, 0.2) is 10.9 Å². The van der Waals surface area contributed by atoms with E-state index in [0.29, 0.717) is 5.69 Å². The minimum absolute atomic E-state index is 0.0285. The van der Waals surface area contributed by atoms with Crippen molar-refractivity contribution in [2.75, 3.05) is 31.2 Å². The standard InChI is InChI=1S/C9H12N2O2S/c1-7(12)8-6-14-9(10-8)11-2-4-13-5-3-11/h6H,2-5H2,1H3. The Labute approximate surface area is 86.5 Å². The van der Waals surface area contributed by atoms with E-state index in [9.17, 15) is 4.79 Å². The summed E-state index contributed by atoms with van der Waals surface area (Å²) in [6, 6.07) is 0. The number of ether oxygens (including phenoxy) is 1. The molecular weight excluding hydrogens is 200 g/mol. The van der Waals surface area contributed by atoms with E-state index < -0.39 is 0 Å². The summed E-state index contributed by atoms with van der Waals surface area (Å²) >= 11 is 1.52. The first kappa shape index (κ1) is 9.61. The van der Waals surface area contributed by atoms with Crippen LogP contribution in [0, 0.1) is 0 Å². The predicted molar refractivity (Wildman–Crippen MR) is 55.2 cm³/mol. The number of thiazole rings is 1. The number of carbonyl (C=O) groups is 1. The molecule has 1 fully saturated rings. The lowest BCUT2D eigenvalue weighted by Crippen LogP contribution is -2.36. The minimum Gasteiger partial charge on any atom is -0.378 e. The van der Waals surface area contributed by atoms with Crippen LogP contribution in [0.3, 0.4) is 0 Å². The average molecular weight is 212 g/mol. The topological polar surface area (TPSA) is 42.4 Å². The number of ketones is 1. The zero-order valence-corrected chi connectivity index (χ0v) is 8.84. The molecule has 5 heteroatoms. The van der Waals surface area contributed by atoms with Gasteiger partial charge in [-0.05, 0) is 0 Å². The first-order valence-electron chi connectivity index (χ1n) is 4.56. The Kier molecular flexibility index (Phi) is 2.79. The Morgan fingerprint density at radius 3 is 2.86 bits per heavy atom. The van der Waals surface area contributed by atoms with Crippen molar-refractivity contribution in [1.82, 2.24) is 4.98 Å². The fourth-order valence-corrected chi connectivity index (χ4v) is 2.24. The Balaban J connectivity index is 2.11. The number of Topliss-reactive ketones (excluding diaryl/α,β-unsaturated/α-hetero) is 1. The van der Waals surface area contributed by atoms with E-state index in [4.69, 9.17) is 4.74 Å². The van der Waals surface area contributed by atoms with Crippen LogP contribution in [0.4, 0.5) is 5.13 Å². The van der Waals surface area contributed by atoms with Crippen LogP contribution in [0.25, 0.3) is 0 Å². The summed E-state index contributed by atoms with van der Waals surface area (Å²) < 4.78 is 5.24. The monoisotopic (exact) mass is 212 g/mol. The van der Waals surface area contributed by atoms with Crippen LogP contribution in [-0.4, -0.2) is 37.1 Å². The van der Waals surface area contributed by atoms with E-state index in [1.807, 2.05) is 5.38 Å². The molecule has 4 nitrogen and oxygen atoms in total. The number of anilines is 1. The molecule has 1 aliphatic rings. The molecular formula is C9H12N2O2S. The van der Waals surface area contributed by atoms with E-state index in [1.54, 1.807) is 0 Å². The van der Waals surface area contributed by atoms with Crippen LogP contribution >= 0.6 is 11.3 Å². The SMILES string of the molecule is CC(=O)c1csc(N2CCOCC2)n1. The lowest BCUT2D eigenvalue weighted by atomic mass is 10.4. The van der Waals surface area contributed by atoms with Gasteiger partial charge in [0.25, 0.3) is 0 Å². The summed E-state index contributed by atoms with van der Waals surface area (Å²) in [5.74, 6) is 0.0285. The first-order valence-corrected chi connectivity index (χ1v) is 5.44. The van der Waals surface area contributed by atoms with Crippen molar-refractivity contribution in [2.24, 2.45) is 0 Å². The average Bonchev–Trinajstić information content (AvgIpc) is 2.68. The first-order chi connectivity index (χ1) is 6.77. The third kappa shape index (κ3) is 1.93. The zero-order valence-electron chi connectivity index (χ0n) is 8.02. The van der Waals surface area contributed by atoms with Gasteiger partial charge in [-0.1, -0.05) is 0 Å². The molecule has 2 heterocycles. The Hall–Kier alpha value is -0.940. The van der Waals surface area contributed by atoms with Crippen molar-refractivity contribution in [2.45, 2.75) is 6.92 Å². The predicted octanol–water partition coefficient (Wildman–Crippen LogP) is 1.18. The molecule has 0 saturated carbocycles. The minimum atomic E-state index is 0.0285. The fourth-order valence-electron chi connectivity index (χ4n) is 1.33. The van der Waals surface area contributed by atoms with E-state index in [1.165, 1.54) is 18.3 Å². The van der Waals surface area contributed by atoms with Gasteiger partial charge in [-0.3, -0.25) is 4.79 Å². The van der Waals surface area contributed by atoms with Crippen molar-refractivity contribution in [3.8, 4) is 0 Å². The normalized spacial score (nSPS) is 17.1. The van der Waals surface area contributed by atoms with Gasteiger partial charge in [0.1, 0.15) is 5.69 Å². The molecule has 0 bridgehead atoms. The lowest BCUT2D eigenvalue weighted by Gasteiger charge is -2.25. The zero-order chi connectivity index (χ0) is 9.97. The van der Waals surface area contributed by atoms with Crippen LogP contribution in [0.2, 0.25) is 0 Å². The Morgan fingerprint density at radius 1 is 1.57 bits per heavy atom. The van der Waals surface area contributed by atoms with E-state index in [0.717, 1.165) is 31.4 Å². The number of nitrogens with zero attached hydrogens (tertiary/aromatic N) is 2. The smallest absolute Gasteiger partial charge is 0.186 e. The molecule has 2 rings (SSSR count). The van der Waals surface area contributed by atoms with E-state index in [-0.39, 0.29) is 5.78 Å². The van der Waals surface area contributed by atoms with Crippen molar-refractivity contribution in [1.29, 1.82) is 0 Å². The number of hydrogen-bond donors (Lipinski definition) is 0.